The van der Waals surface area contributed by atoms with Gasteiger partial charge in [0, 0.05) is 5.69 Å². The molecule has 0 fully saturated rings. The molecule has 4 heteroatoms. The fourth-order valence-corrected chi connectivity index (χ4v) is 1.88. The number of carbonyl (C=O) groups excluding carboxylic acids is 1. The largest absolute Gasteiger partial charge is 0.497 e. The van der Waals surface area contributed by atoms with Crippen LogP contribution in [0.4, 0.5) is 5.69 Å². The van der Waals surface area contributed by atoms with Gasteiger partial charge in [0.05, 0.1) is 7.11 Å². The molecule has 110 valence electrons. The van der Waals surface area contributed by atoms with E-state index >= 15 is 0 Å². The number of rotatable bonds is 5. The molecule has 0 aliphatic heterocycles. The van der Waals surface area contributed by atoms with Crippen LogP contribution in [0.3, 0.4) is 0 Å². The highest BCUT2D eigenvalue weighted by Gasteiger charge is 2.06. The first-order valence-corrected chi connectivity index (χ1v) is 6.72. The lowest BCUT2D eigenvalue weighted by Gasteiger charge is -2.10. The van der Waals surface area contributed by atoms with Crippen molar-refractivity contribution < 1.29 is 14.3 Å². The van der Waals surface area contributed by atoms with E-state index in [1.54, 1.807) is 31.4 Å². The van der Waals surface area contributed by atoms with Crippen LogP contribution in [0, 0.1) is 13.8 Å². The zero-order valence-electron chi connectivity index (χ0n) is 12.5. The maximum atomic E-state index is 11.9. The van der Waals surface area contributed by atoms with Gasteiger partial charge in [-0.15, -0.1) is 0 Å². The van der Waals surface area contributed by atoms with Crippen molar-refractivity contribution in [1.82, 2.24) is 0 Å². The molecule has 21 heavy (non-hydrogen) atoms. The predicted molar refractivity (Wildman–Crippen MR) is 83.0 cm³/mol. The van der Waals surface area contributed by atoms with E-state index in [0.717, 1.165) is 22.6 Å². The highest BCUT2D eigenvalue weighted by atomic mass is 16.5. The molecule has 2 aromatic carbocycles. The summed E-state index contributed by atoms with van der Waals surface area (Å²) in [6.07, 6.45) is 0. The first-order valence-electron chi connectivity index (χ1n) is 6.72. The van der Waals surface area contributed by atoms with Crippen LogP contribution in [0.2, 0.25) is 0 Å². The summed E-state index contributed by atoms with van der Waals surface area (Å²) in [5.41, 5.74) is 2.83. The molecule has 2 rings (SSSR count). The molecular formula is C17H19NO3. The molecule has 2 aromatic rings. The molecular weight excluding hydrogens is 266 g/mol. The van der Waals surface area contributed by atoms with Crippen molar-refractivity contribution in [3.8, 4) is 11.5 Å². The molecule has 0 spiro atoms. The summed E-state index contributed by atoms with van der Waals surface area (Å²) in [4.78, 5) is 11.9. The number of aryl methyl sites for hydroxylation is 2. The molecule has 0 saturated carbocycles. The molecule has 4 nitrogen and oxygen atoms in total. The van der Waals surface area contributed by atoms with Crippen LogP contribution >= 0.6 is 0 Å². The van der Waals surface area contributed by atoms with Crippen molar-refractivity contribution >= 4 is 11.6 Å². The number of ether oxygens (including phenoxy) is 2. The maximum absolute atomic E-state index is 11.9. The van der Waals surface area contributed by atoms with Crippen molar-refractivity contribution in [2.45, 2.75) is 13.8 Å². The van der Waals surface area contributed by atoms with E-state index in [2.05, 4.69) is 5.32 Å². The highest BCUT2D eigenvalue weighted by Crippen LogP contribution is 2.19. The summed E-state index contributed by atoms with van der Waals surface area (Å²) in [5.74, 6) is 1.29. The van der Waals surface area contributed by atoms with Gasteiger partial charge in [0.15, 0.2) is 6.61 Å². The smallest absolute Gasteiger partial charge is 0.262 e. The van der Waals surface area contributed by atoms with Gasteiger partial charge >= 0.3 is 0 Å². The SMILES string of the molecule is COc1ccc(NC(=O)COc2cc(C)ccc2C)cc1. The monoisotopic (exact) mass is 285 g/mol. The second-order valence-electron chi connectivity index (χ2n) is 4.83. The molecule has 0 heterocycles. The Balaban J connectivity index is 1.91. The molecule has 0 bridgehead atoms. The fourth-order valence-electron chi connectivity index (χ4n) is 1.88. The van der Waals surface area contributed by atoms with Gasteiger partial charge < -0.3 is 14.8 Å². The van der Waals surface area contributed by atoms with Crippen LogP contribution < -0.4 is 14.8 Å². The average Bonchev–Trinajstić information content (AvgIpc) is 2.49. The number of hydrogen-bond donors (Lipinski definition) is 1. The van der Waals surface area contributed by atoms with Crippen LogP contribution in [0.15, 0.2) is 42.5 Å². The topological polar surface area (TPSA) is 47.6 Å². The third-order valence-corrected chi connectivity index (χ3v) is 3.08. The van der Waals surface area contributed by atoms with Gasteiger partial charge in [-0.3, -0.25) is 4.79 Å². The Morgan fingerprint density at radius 1 is 1.10 bits per heavy atom. The van der Waals surface area contributed by atoms with E-state index in [1.165, 1.54) is 0 Å². The number of nitrogens with one attached hydrogen (secondary N) is 1. The van der Waals surface area contributed by atoms with Gasteiger partial charge in [0.2, 0.25) is 0 Å². The Morgan fingerprint density at radius 3 is 2.48 bits per heavy atom. The van der Waals surface area contributed by atoms with Crippen LogP contribution in [0.1, 0.15) is 11.1 Å². The normalized spacial score (nSPS) is 10.0. The van der Waals surface area contributed by atoms with Crippen LogP contribution in [0.5, 0.6) is 11.5 Å². The third kappa shape index (κ3) is 4.24. The lowest BCUT2D eigenvalue weighted by atomic mass is 10.1. The van der Waals surface area contributed by atoms with Crippen molar-refractivity contribution in [1.29, 1.82) is 0 Å². The second kappa shape index (κ2) is 6.79. The quantitative estimate of drug-likeness (QED) is 0.916. The first-order chi connectivity index (χ1) is 10.1. The molecule has 1 amide bonds. The van der Waals surface area contributed by atoms with Gasteiger partial charge in [-0.2, -0.15) is 0 Å². The van der Waals surface area contributed by atoms with Crippen molar-refractivity contribution in [2.75, 3.05) is 19.0 Å². The molecule has 0 aromatic heterocycles. The Labute approximate surface area is 124 Å². The van der Waals surface area contributed by atoms with Crippen LogP contribution in [0.25, 0.3) is 0 Å². The highest BCUT2D eigenvalue weighted by molar-refractivity contribution is 5.91. The molecule has 0 saturated heterocycles. The number of methoxy groups -OCH3 is 1. The summed E-state index contributed by atoms with van der Waals surface area (Å²) < 4.78 is 10.6. The second-order valence-corrected chi connectivity index (χ2v) is 4.83. The van der Waals surface area contributed by atoms with Crippen LogP contribution in [-0.4, -0.2) is 19.6 Å². The Morgan fingerprint density at radius 2 is 1.81 bits per heavy atom. The summed E-state index contributed by atoms with van der Waals surface area (Å²) >= 11 is 0. The number of amides is 1. The molecule has 0 radical (unpaired) electrons. The van der Waals surface area contributed by atoms with E-state index in [-0.39, 0.29) is 12.5 Å². The summed E-state index contributed by atoms with van der Waals surface area (Å²) in [7, 11) is 1.60. The fraction of sp³-hybridized carbons (Fsp3) is 0.235. The molecule has 1 N–H and O–H groups in total. The number of benzene rings is 2. The van der Waals surface area contributed by atoms with Gasteiger partial charge in [-0.05, 0) is 55.3 Å². The Hall–Kier alpha value is -2.49. The predicted octanol–water partition coefficient (Wildman–Crippen LogP) is 3.33. The lowest BCUT2D eigenvalue weighted by molar-refractivity contribution is -0.118. The van der Waals surface area contributed by atoms with E-state index in [4.69, 9.17) is 9.47 Å². The minimum Gasteiger partial charge on any atom is -0.497 e. The zero-order chi connectivity index (χ0) is 15.2. The van der Waals surface area contributed by atoms with E-state index in [1.807, 2.05) is 32.0 Å². The molecule has 0 aliphatic rings. The third-order valence-electron chi connectivity index (χ3n) is 3.08. The van der Waals surface area contributed by atoms with Gasteiger partial charge in [0.1, 0.15) is 11.5 Å². The van der Waals surface area contributed by atoms with Crippen molar-refractivity contribution in [3.63, 3.8) is 0 Å². The zero-order valence-corrected chi connectivity index (χ0v) is 12.5. The molecule has 0 unspecified atom stereocenters. The van der Waals surface area contributed by atoms with Crippen molar-refractivity contribution in [3.05, 3.63) is 53.6 Å². The minimum atomic E-state index is -0.193. The van der Waals surface area contributed by atoms with E-state index < -0.39 is 0 Å². The number of anilines is 1. The number of carbonyl (C=O) groups is 1. The average molecular weight is 285 g/mol. The van der Waals surface area contributed by atoms with Gasteiger partial charge in [-0.25, -0.2) is 0 Å². The summed E-state index contributed by atoms with van der Waals surface area (Å²) in [5, 5.41) is 2.78. The van der Waals surface area contributed by atoms with Crippen LogP contribution in [-0.2, 0) is 4.79 Å². The summed E-state index contributed by atoms with van der Waals surface area (Å²) in [6.45, 7) is 3.93. The Bertz CT molecular complexity index is 620. The lowest BCUT2D eigenvalue weighted by Crippen LogP contribution is -2.20. The van der Waals surface area contributed by atoms with Gasteiger partial charge in [-0.1, -0.05) is 12.1 Å². The minimum absolute atomic E-state index is 0.0175. The van der Waals surface area contributed by atoms with E-state index in [0.29, 0.717) is 5.69 Å². The van der Waals surface area contributed by atoms with Gasteiger partial charge in [0.25, 0.3) is 5.91 Å². The van der Waals surface area contributed by atoms with Crippen molar-refractivity contribution in [2.24, 2.45) is 0 Å². The standard InChI is InChI=1S/C17H19NO3/c1-12-4-5-13(2)16(10-12)21-11-17(19)18-14-6-8-15(20-3)9-7-14/h4-10H,11H2,1-3H3,(H,18,19). The summed E-state index contributed by atoms with van der Waals surface area (Å²) in [6, 6.07) is 13.1. The number of hydrogen-bond acceptors (Lipinski definition) is 3. The Kier molecular flexibility index (Phi) is 4.82. The first kappa shape index (κ1) is 14.9. The molecule has 0 atom stereocenters. The van der Waals surface area contributed by atoms with E-state index in [9.17, 15) is 4.79 Å². The molecule has 0 aliphatic carbocycles. The maximum Gasteiger partial charge on any atom is 0.262 e.